The molecule has 1 aromatic heterocycles. The minimum atomic E-state index is 0.0191. The van der Waals surface area contributed by atoms with E-state index in [1.54, 1.807) is 0 Å². The molecule has 1 atom stereocenters. The topological polar surface area (TPSA) is 81.2 Å². The molecule has 1 heterocycles. The average molecular weight is 247 g/mol. The smallest absolute Gasteiger partial charge is 0.220 e. The van der Waals surface area contributed by atoms with Crippen LogP contribution in [0.5, 0.6) is 0 Å². The van der Waals surface area contributed by atoms with Crippen LogP contribution in [0.25, 0.3) is 11.1 Å². The summed E-state index contributed by atoms with van der Waals surface area (Å²) in [6, 6.07) is 5.69. The minimum Gasteiger partial charge on any atom is -0.443 e. The highest BCUT2D eigenvalue weighted by atomic mass is 16.3. The van der Waals surface area contributed by atoms with Gasteiger partial charge < -0.3 is 15.5 Å². The summed E-state index contributed by atoms with van der Waals surface area (Å²) in [5.74, 6) is 0.229. The highest BCUT2D eigenvalue weighted by molar-refractivity contribution is 5.76. The number of nitrogens with zero attached hydrogens (tertiary/aromatic N) is 1. The third kappa shape index (κ3) is 3.07. The fraction of sp³-hybridized carbons (Fsp3) is 0.385. The molecule has 5 heteroatoms. The quantitative estimate of drug-likeness (QED) is 0.837. The third-order valence-electron chi connectivity index (χ3n) is 2.82. The average Bonchev–Trinajstić information content (AvgIpc) is 2.83. The van der Waals surface area contributed by atoms with Gasteiger partial charge in [-0.05, 0) is 30.2 Å². The van der Waals surface area contributed by atoms with Crippen LogP contribution in [0.1, 0.15) is 18.9 Å². The van der Waals surface area contributed by atoms with Gasteiger partial charge in [0.2, 0.25) is 5.91 Å². The Morgan fingerprint density at radius 3 is 3.17 bits per heavy atom. The highest BCUT2D eigenvalue weighted by Gasteiger charge is 2.07. The van der Waals surface area contributed by atoms with Crippen molar-refractivity contribution in [3.63, 3.8) is 0 Å². The van der Waals surface area contributed by atoms with Crippen molar-refractivity contribution in [1.82, 2.24) is 10.3 Å². The van der Waals surface area contributed by atoms with E-state index in [-0.39, 0.29) is 11.8 Å². The number of oxazole rings is 1. The Morgan fingerprint density at radius 2 is 2.39 bits per heavy atom. The van der Waals surface area contributed by atoms with Crippen LogP contribution in [-0.4, -0.2) is 17.4 Å². The molecule has 0 saturated heterocycles. The van der Waals surface area contributed by atoms with Crippen LogP contribution in [0, 0.1) is 5.92 Å². The monoisotopic (exact) mass is 247 g/mol. The van der Waals surface area contributed by atoms with Gasteiger partial charge in [-0.3, -0.25) is 4.79 Å². The molecule has 1 unspecified atom stereocenters. The van der Waals surface area contributed by atoms with Gasteiger partial charge in [0.25, 0.3) is 0 Å². The van der Waals surface area contributed by atoms with Crippen LogP contribution in [0.15, 0.2) is 29.0 Å². The second kappa shape index (κ2) is 5.64. The lowest BCUT2D eigenvalue weighted by Crippen LogP contribution is -2.26. The van der Waals surface area contributed by atoms with Gasteiger partial charge in [0.05, 0.1) is 0 Å². The molecular weight excluding hydrogens is 230 g/mol. The van der Waals surface area contributed by atoms with Gasteiger partial charge in [0.1, 0.15) is 5.52 Å². The fourth-order valence-corrected chi connectivity index (χ4v) is 1.68. The van der Waals surface area contributed by atoms with Gasteiger partial charge in [0, 0.05) is 13.0 Å². The summed E-state index contributed by atoms with van der Waals surface area (Å²) in [4.78, 5) is 15.6. The van der Waals surface area contributed by atoms with Crippen LogP contribution in [0.3, 0.4) is 0 Å². The molecule has 0 spiro atoms. The fourth-order valence-electron chi connectivity index (χ4n) is 1.68. The lowest BCUT2D eigenvalue weighted by molar-refractivity contribution is -0.122. The Morgan fingerprint density at radius 1 is 1.56 bits per heavy atom. The van der Waals surface area contributed by atoms with Gasteiger partial charge in [-0.2, -0.15) is 0 Å². The third-order valence-corrected chi connectivity index (χ3v) is 2.82. The van der Waals surface area contributed by atoms with Gasteiger partial charge in [0.15, 0.2) is 12.0 Å². The maximum Gasteiger partial charge on any atom is 0.220 e. The first-order chi connectivity index (χ1) is 8.69. The number of fused-ring (bicyclic) bond motifs is 1. The molecule has 96 valence electrons. The predicted molar refractivity (Wildman–Crippen MR) is 68.7 cm³/mol. The summed E-state index contributed by atoms with van der Waals surface area (Å²) in [6.45, 7) is 2.98. The Labute approximate surface area is 105 Å². The summed E-state index contributed by atoms with van der Waals surface area (Å²) in [6.07, 6.45) is 1.87. The first-order valence-electron chi connectivity index (χ1n) is 5.98. The van der Waals surface area contributed by atoms with Gasteiger partial charge in [-0.1, -0.05) is 13.0 Å². The maximum absolute atomic E-state index is 11.6. The van der Waals surface area contributed by atoms with Crippen LogP contribution in [0.2, 0.25) is 0 Å². The Hall–Kier alpha value is -1.88. The normalized spacial score (nSPS) is 12.6. The van der Waals surface area contributed by atoms with Crippen LogP contribution < -0.4 is 11.1 Å². The van der Waals surface area contributed by atoms with E-state index < -0.39 is 0 Å². The second-order valence-electron chi connectivity index (χ2n) is 4.48. The molecule has 0 fully saturated rings. The number of benzene rings is 1. The van der Waals surface area contributed by atoms with Crippen molar-refractivity contribution in [1.29, 1.82) is 0 Å². The zero-order valence-electron chi connectivity index (χ0n) is 10.3. The molecule has 2 rings (SSSR count). The lowest BCUT2D eigenvalue weighted by Gasteiger charge is -2.09. The van der Waals surface area contributed by atoms with Crippen molar-refractivity contribution in [2.45, 2.75) is 19.9 Å². The Kier molecular flexibility index (Phi) is 3.94. The van der Waals surface area contributed by atoms with E-state index in [9.17, 15) is 4.79 Å². The molecule has 0 bridgehead atoms. The standard InChI is InChI=1S/C13H17N3O2/c1-9(6-14)4-13(17)15-7-10-2-3-11-12(5-10)18-8-16-11/h2-3,5,8-9H,4,6-7,14H2,1H3,(H,15,17). The zero-order chi connectivity index (χ0) is 13.0. The molecule has 0 aliphatic rings. The van der Waals surface area contributed by atoms with Gasteiger partial charge in [-0.25, -0.2) is 4.98 Å². The van der Waals surface area contributed by atoms with Crippen molar-refractivity contribution < 1.29 is 9.21 Å². The summed E-state index contributed by atoms with van der Waals surface area (Å²) in [5.41, 5.74) is 8.03. The zero-order valence-corrected chi connectivity index (χ0v) is 10.3. The summed E-state index contributed by atoms with van der Waals surface area (Å²) >= 11 is 0. The van der Waals surface area contributed by atoms with Crippen molar-refractivity contribution in [3.05, 3.63) is 30.2 Å². The number of aromatic nitrogens is 1. The largest absolute Gasteiger partial charge is 0.443 e. The number of carbonyl (C=O) groups is 1. The maximum atomic E-state index is 11.6. The van der Waals surface area contributed by atoms with Crippen LogP contribution >= 0.6 is 0 Å². The number of nitrogens with two attached hydrogens (primary N) is 1. The molecule has 2 aromatic rings. The number of hydrogen-bond donors (Lipinski definition) is 2. The molecule has 0 aliphatic carbocycles. The number of amides is 1. The van der Waals surface area contributed by atoms with E-state index in [2.05, 4.69) is 10.3 Å². The molecule has 5 nitrogen and oxygen atoms in total. The Bertz CT molecular complexity index is 536. The molecule has 1 amide bonds. The van der Waals surface area contributed by atoms with Crippen molar-refractivity contribution in [2.75, 3.05) is 6.54 Å². The number of carbonyl (C=O) groups excluding carboxylic acids is 1. The summed E-state index contributed by atoms with van der Waals surface area (Å²) in [7, 11) is 0. The van der Waals surface area contributed by atoms with Gasteiger partial charge in [-0.15, -0.1) is 0 Å². The molecule has 1 aromatic carbocycles. The van der Waals surface area contributed by atoms with Crippen molar-refractivity contribution in [3.8, 4) is 0 Å². The Balaban J connectivity index is 1.91. The van der Waals surface area contributed by atoms with E-state index in [0.717, 1.165) is 16.7 Å². The van der Waals surface area contributed by atoms with E-state index >= 15 is 0 Å². The van der Waals surface area contributed by atoms with Crippen LogP contribution in [-0.2, 0) is 11.3 Å². The molecule has 0 aliphatic heterocycles. The highest BCUT2D eigenvalue weighted by Crippen LogP contribution is 2.14. The molecule has 3 N–H and O–H groups in total. The van der Waals surface area contributed by atoms with E-state index in [1.807, 2.05) is 25.1 Å². The minimum absolute atomic E-state index is 0.0191. The molecule has 18 heavy (non-hydrogen) atoms. The predicted octanol–water partition coefficient (Wildman–Crippen LogP) is 1.43. The second-order valence-corrected chi connectivity index (χ2v) is 4.48. The number of nitrogens with one attached hydrogen (secondary N) is 1. The first kappa shape index (κ1) is 12.6. The van der Waals surface area contributed by atoms with Crippen LogP contribution in [0.4, 0.5) is 0 Å². The van der Waals surface area contributed by atoms with E-state index in [1.165, 1.54) is 6.39 Å². The van der Waals surface area contributed by atoms with E-state index in [0.29, 0.717) is 19.5 Å². The number of rotatable bonds is 5. The summed E-state index contributed by atoms with van der Waals surface area (Å²) in [5, 5.41) is 2.86. The first-order valence-corrected chi connectivity index (χ1v) is 5.98. The SMILES string of the molecule is CC(CN)CC(=O)NCc1ccc2ncoc2c1. The van der Waals surface area contributed by atoms with E-state index in [4.69, 9.17) is 10.2 Å². The molecule has 0 radical (unpaired) electrons. The molecule has 0 saturated carbocycles. The lowest BCUT2D eigenvalue weighted by atomic mass is 10.1. The molecular formula is C13H17N3O2. The van der Waals surface area contributed by atoms with Crippen molar-refractivity contribution >= 4 is 17.0 Å². The number of hydrogen-bond acceptors (Lipinski definition) is 4. The van der Waals surface area contributed by atoms with Crippen molar-refractivity contribution in [2.24, 2.45) is 11.7 Å². The van der Waals surface area contributed by atoms with Gasteiger partial charge >= 0.3 is 0 Å². The summed E-state index contributed by atoms with van der Waals surface area (Å²) < 4.78 is 5.21.